The van der Waals surface area contributed by atoms with Crippen LogP contribution in [-0.4, -0.2) is 15.7 Å². The second-order valence-corrected chi connectivity index (χ2v) is 5.22. The van der Waals surface area contributed by atoms with E-state index in [1.54, 1.807) is 13.1 Å². The van der Waals surface area contributed by atoms with E-state index in [4.69, 9.17) is 0 Å². The fourth-order valence-electron chi connectivity index (χ4n) is 2.12. The average molecular weight is 307 g/mol. The maximum absolute atomic E-state index is 13.7. The van der Waals surface area contributed by atoms with E-state index in [1.807, 2.05) is 6.92 Å². The topological polar surface area (TPSA) is 46.9 Å². The van der Waals surface area contributed by atoms with Gasteiger partial charge in [-0.25, -0.2) is 13.5 Å². The maximum atomic E-state index is 13.7. The van der Waals surface area contributed by atoms with Gasteiger partial charge < -0.3 is 5.32 Å². The van der Waals surface area contributed by atoms with Crippen LogP contribution in [-0.2, 0) is 11.3 Å². The number of nitrogens with one attached hydrogen (secondary N) is 1. The second kappa shape index (κ2) is 7.15. The minimum Gasteiger partial charge on any atom is -0.311 e. The van der Waals surface area contributed by atoms with Crippen LogP contribution in [0.4, 0.5) is 14.6 Å². The van der Waals surface area contributed by atoms with Gasteiger partial charge in [0.1, 0.15) is 17.5 Å². The van der Waals surface area contributed by atoms with Crippen molar-refractivity contribution in [3.8, 4) is 0 Å². The number of halogens is 2. The molecular formula is C16H19F2N3O. The van der Waals surface area contributed by atoms with E-state index in [1.165, 1.54) is 4.68 Å². The van der Waals surface area contributed by atoms with E-state index in [9.17, 15) is 13.6 Å². The Morgan fingerprint density at radius 3 is 2.86 bits per heavy atom. The maximum Gasteiger partial charge on any atom is 0.225 e. The lowest BCUT2D eigenvalue weighted by Gasteiger charge is -2.11. The smallest absolute Gasteiger partial charge is 0.225 e. The van der Waals surface area contributed by atoms with Crippen LogP contribution in [0.2, 0.25) is 0 Å². The summed E-state index contributed by atoms with van der Waals surface area (Å²) in [6.45, 7) is 3.87. The summed E-state index contributed by atoms with van der Waals surface area (Å²) >= 11 is 0. The molecule has 1 amide bonds. The molecule has 0 atom stereocenters. The Morgan fingerprint density at radius 1 is 1.36 bits per heavy atom. The minimum atomic E-state index is -0.506. The van der Waals surface area contributed by atoms with Gasteiger partial charge in [0, 0.05) is 17.5 Å². The molecule has 0 aliphatic carbocycles. The van der Waals surface area contributed by atoms with Crippen molar-refractivity contribution in [1.29, 1.82) is 0 Å². The molecule has 0 saturated carbocycles. The first-order valence-corrected chi connectivity index (χ1v) is 7.27. The van der Waals surface area contributed by atoms with E-state index in [-0.39, 0.29) is 18.0 Å². The van der Waals surface area contributed by atoms with Crippen molar-refractivity contribution in [2.24, 2.45) is 0 Å². The van der Waals surface area contributed by atoms with Gasteiger partial charge in [-0.2, -0.15) is 5.10 Å². The van der Waals surface area contributed by atoms with Gasteiger partial charge in [0.25, 0.3) is 0 Å². The number of nitrogens with zero attached hydrogens (tertiary/aromatic N) is 2. The van der Waals surface area contributed by atoms with E-state index in [0.717, 1.165) is 36.6 Å². The normalized spacial score (nSPS) is 10.7. The molecule has 2 rings (SSSR count). The van der Waals surface area contributed by atoms with Crippen LogP contribution in [0.1, 0.15) is 37.3 Å². The molecule has 0 saturated heterocycles. The highest BCUT2D eigenvalue weighted by Gasteiger charge is 2.13. The molecule has 6 heteroatoms. The van der Waals surface area contributed by atoms with Gasteiger partial charge in [-0.1, -0.05) is 13.3 Å². The molecule has 0 aliphatic rings. The lowest BCUT2D eigenvalue weighted by molar-refractivity contribution is -0.116. The zero-order valence-electron chi connectivity index (χ0n) is 12.7. The van der Waals surface area contributed by atoms with Crippen molar-refractivity contribution in [1.82, 2.24) is 9.78 Å². The molecule has 1 aromatic carbocycles. The van der Waals surface area contributed by atoms with Gasteiger partial charge in [-0.15, -0.1) is 0 Å². The number of rotatable bonds is 6. The van der Waals surface area contributed by atoms with Crippen LogP contribution in [0.15, 0.2) is 24.4 Å². The van der Waals surface area contributed by atoms with Crippen molar-refractivity contribution < 1.29 is 13.6 Å². The van der Waals surface area contributed by atoms with Gasteiger partial charge in [0.2, 0.25) is 5.91 Å². The molecule has 0 fully saturated rings. The third-order valence-corrected chi connectivity index (χ3v) is 3.37. The number of hydrogen-bond acceptors (Lipinski definition) is 2. The summed E-state index contributed by atoms with van der Waals surface area (Å²) in [5, 5.41) is 6.92. The summed E-state index contributed by atoms with van der Waals surface area (Å²) in [6, 6.07) is 3.29. The molecule has 0 radical (unpaired) electrons. The Bertz CT molecular complexity index is 667. The number of amides is 1. The largest absolute Gasteiger partial charge is 0.311 e. The Balaban J connectivity index is 2.18. The predicted octanol–water partition coefficient (Wildman–Crippen LogP) is 3.65. The minimum absolute atomic E-state index is 0.0564. The number of anilines is 1. The quantitative estimate of drug-likeness (QED) is 0.885. The number of aromatic nitrogens is 2. The number of hydrogen-bond donors (Lipinski definition) is 1. The van der Waals surface area contributed by atoms with E-state index in [2.05, 4.69) is 10.4 Å². The summed E-state index contributed by atoms with van der Waals surface area (Å²) < 4.78 is 28.4. The molecule has 0 bridgehead atoms. The monoisotopic (exact) mass is 307 g/mol. The molecule has 118 valence electrons. The molecule has 1 heterocycles. The summed E-state index contributed by atoms with van der Waals surface area (Å²) in [6.07, 6.45) is 3.75. The predicted molar refractivity (Wildman–Crippen MR) is 80.6 cm³/mol. The molecule has 0 spiro atoms. The molecule has 1 N–H and O–H groups in total. The zero-order valence-corrected chi connectivity index (χ0v) is 12.7. The van der Waals surface area contributed by atoms with Gasteiger partial charge in [-0.05, 0) is 31.5 Å². The van der Waals surface area contributed by atoms with Crippen molar-refractivity contribution in [3.05, 3.63) is 47.2 Å². The van der Waals surface area contributed by atoms with Crippen LogP contribution in [0.3, 0.4) is 0 Å². The fraction of sp³-hybridized carbons (Fsp3) is 0.375. The van der Waals surface area contributed by atoms with Crippen molar-refractivity contribution in [2.75, 3.05) is 5.32 Å². The van der Waals surface area contributed by atoms with Gasteiger partial charge >= 0.3 is 0 Å². The SMILES string of the molecule is CCCCC(=O)Nc1c(C)cnn1Cc1cc(F)ccc1F. The first-order valence-electron chi connectivity index (χ1n) is 7.27. The molecule has 0 aliphatic heterocycles. The Labute approximate surface area is 128 Å². The van der Waals surface area contributed by atoms with Crippen LogP contribution in [0.25, 0.3) is 0 Å². The van der Waals surface area contributed by atoms with E-state index < -0.39 is 11.6 Å². The standard InChI is InChI=1S/C16H19F2N3O/c1-3-4-5-15(22)20-16-11(2)9-19-21(16)10-12-8-13(17)6-7-14(12)18/h6-9H,3-5,10H2,1-2H3,(H,20,22). The van der Waals surface area contributed by atoms with Crippen molar-refractivity contribution in [2.45, 2.75) is 39.7 Å². The van der Waals surface area contributed by atoms with Gasteiger partial charge in [0.05, 0.1) is 12.7 Å². The highest BCUT2D eigenvalue weighted by molar-refractivity contribution is 5.90. The van der Waals surface area contributed by atoms with Gasteiger partial charge in [-0.3, -0.25) is 4.79 Å². The second-order valence-electron chi connectivity index (χ2n) is 5.22. The lowest BCUT2D eigenvalue weighted by atomic mass is 10.2. The van der Waals surface area contributed by atoms with Gasteiger partial charge in [0.15, 0.2) is 0 Å². The lowest BCUT2D eigenvalue weighted by Crippen LogP contribution is -2.16. The zero-order chi connectivity index (χ0) is 16.1. The summed E-state index contributed by atoms with van der Waals surface area (Å²) in [5.74, 6) is -0.595. The molecule has 22 heavy (non-hydrogen) atoms. The Hall–Kier alpha value is -2.24. The molecule has 0 unspecified atom stereocenters. The fourth-order valence-corrected chi connectivity index (χ4v) is 2.12. The molecule has 4 nitrogen and oxygen atoms in total. The summed E-state index contributed by atoms with van der Waals surface area (Å²) in [7, 11) is 0. The molecule has 2 aromatic rings. The molecule has 1 aromatic heterocycles. The Kier molecular flexibility index (Phi) is 5.25. The average Bonchev–Trinajstić information content (AvgIpc) is 2.82. The van der Waals surface area contributed by atoms with Crippen LogP contribution in [0.5, 0.6) is 0 Å². The first kappa shape index (κ1) is 16.1. The summed E-state index contributed by atoms with van der Waals surface area (Å²) in [4.78, 5) is 11.9. The highest BCUT2D eigenvalue weighted by Crippen LogP contribution is 2.18. The van der Waals surface area contributed by atoms with Crippen LogP contribution in [0, 0.1) is 18.6 Å². The number of aryl methyl sites for hydroxylation is 1. The number of carbonyl (C=O) groups is 1. The van der Waals surface area contributed by atoms with E-state index >= 15 is 0 Å². The number of carbonyl (C=O) groups excluding carboxylic acids is 1. The van der Waals surface area contributed by atoms with E-state index in [0.29, 0.717) is 12.2 Å². The molecular weight excluding hydrogens is 288 g/mol. The summed E-state index contributed by atoms with van der Waals surface area (Å²) in [5.41, 5.74) is 0.966. The third kappa shape index (κ3) is 3.90. The van der Waals surface area contributed by atoms with Crippen molar-refractivity contribution in [3.63, 3.8) is 0 Å². The van der Waals surface area contributed by atoms with Crippen LogP contribution < -0.4 is 5.32 Å². The number of benzene rings is 1. The van der Waals surface area contributed by atoms with Crippen LogP contribution >= 0.6 is 0 Å². The Morgan fingerprint density at radius 2 is 2.14 bits per heavy atom. The first-order chi connectivity index (χ1) is 10.5. The highest BCUT2D eigenvalue weighted by atomic mass is 19.1. The number of unbranched alkanes of at least 4 members (excludes halogenated alkanes) is 1. The van der Waals surface area contributed by atoms with Crippen molar-refractivity contribution >= 4 is 11.7 Å². The third-order valence-electron chi connectivity index (χ3n) is 3.37.